The number of rotatable bonds is 6. The molecule has 0 fully saturated rings. The third-order valence-electron chi connectivity index (χ3n) is 7.49. The number of allylic oxidation sites excluding steroid dienone is 3. The lowest BCUT2D eigenvalue weighted by Crippen LogP contribution is -2.38. The highest BCUT2D eigenvalue weighted by Crippen LogP contribution is 2.47. The van der Waals surface area contributed by atoms with Gasteiger partial charge in [-0.05, 0) is 97.5 Å². The van der Waals surface area contributed by atoms with Crippen molar-refractivity contribution in [3.8, 4) is 17.6 Å². The number of anilines is 1. The van der Waals surface area contributed by atoms with Crippen molar-refractivity contribution in [3.63, 3.8) is 0 Å². The second kappa shape index (κ2) is 11.0. The summed E-state index contributed by atoms with van der Waals surface area (Å²) in [5.41, 5.74) is 13.5. The number of nitrogens with zero attached hydrogens (tertiary/aromatic N) is 2. The summed E-state index contributed by atoms with van der Waals surface area (Å²) < 4.78 is 12.4. The van der Waals surface area contributed by atoms with E-state index in [2.05, 4.69) is 41.1 Å². The maximum Gasteiger partial charge on any atom is 0.161 e. The largest absolute Gasteiger partial charge is 0.497 e. The lowest BCUT2D eigenvalue weighted by molar-refractivity contribution is -0.116. The van der Waals surface area contributed by atoms with Gasteiger partial charge in [0.2, 0.25) is 0 Å². The van der Waals surface area contributed by atoms with Gasteiger partial charge in [0, 0.05) is 27.9 Å². The summed E-state index contributed by atoms with van der Waals surface area (Å²) >= 11 is 3.45. The van der Waals surface area contributed by atoms with Gasteiger partial charge in [-0.25, -0.2) is 0 Å². The molecule has 1 aliphatic carbocycles. The van der Waals surface area contributed by atoms with E-state index >= 15 is 0 Å². The van der Waals surface area contributed by atoms with Gasteiger partial charge in [-0.3, -0.25) is 9.69 Å². The molecule has 198 valence electrons. The van der Waals surface area contributed by atoms with Gasteiger partial charge in [0.1, 0.15) is 23.9 Å². The van der Waals surface area contributed by atoms with Crippen molar-refractivity contribution in [2.45, 2.75) is 45.6 Å². The zero-order valence-corrected chi connectivity index (χ0v) is 23.8. The van der Waals surface area contributed by atoms with Crippen LogP contribution in [0.4, 0.5) is 5.69 Å². The van der Waals surface area contributed by atoms with Crippen molar-refractivity contribution in [1.82, 2.24) is 0 Å². The number of ether oxygens (including phenoxy) is 2. The van der Waals surface area contributed by atoms with Crippen molar-refractivity contribution < 1.29 is 14.3 Å². The highest BCUT2D eigenvalue weighted by atomic mass is 79.9. The minimum absolute atomic E-state index is 0.0626. The molecular weight excluding hydrogens is 554 g/mol. The fourth-order valence-corrected chi connectivity index (χ4v) is 5.76. The topological polar surface area (TPSA) is 88.6 Å². The smallest absolute Gasteiger partial charge is 0.161 e. The minimum Gasteiger partial charge on any atom is -0.497 e. The van der Waals surface area contributed by atoms with Crippen molar-refractivity contribution in [2.75, 3.05) is 12.0 Å². The van der Waals surface area contributed by atoms with E-state index in [4.69, 9.17) is 15.2 Å². The molecule has 0 amide bonds. The molecule has 7 heteroatoms. The Labute approximate surface area is 237 Å². The predicted molar refractivity (Wildman–Crippen MR) is 155 cm³/mol. The molecule has 5 rings (SSSR count). The molecule has 3 aromatic rings. The van der Waals surface area contributed by atoms with E-state index in [1.807, 2.05) is 60.4 Å². The maximum absolute atomic E-state index is 13.6. The van der Waals surface area contributed by atoms with E-state index < -0.39 is 5.92 Å². The predicted octanol–water partition coefficient (Wildman–Crippen LogP) is 6.96. The quantitative estimate of drug-likeness (QED) is 0.337. The van der Waals surface area contributed by atoms with E-state index in [1.165, 1.54) is 0 Å². The Morgan fingerprint density at radius 1 is 1.03 bits per heavy atom. The van der Waals surface area contributed by atoms with Crippen LogP contribution >= 0.6 is 15.9 Å². The van der Waals surface area contributed by atoms with Crippen LogP contribution in [0.15, 0.2) is 87.8 Å². The second-order valence-electron chi connectivity index (χ2n) is 9.89. The first kappa shape index (κ1) is 26.6. The third-order valence-corrected chi connectivity index (χ3v) is 8.02. The van der Waals surface area contributed by atoms with Gasteiger partial charge in [-0.15, -0.1) is 0 Å². The van der Waals surface area contributed by atoms with Crippen LogP contribution in [-0.2, 0) is 11.4 Å². The normalized spacial score (nSPS) is 17.2. The molecule has 0 aromatic heterocycles. The summed E-state index contributed by atoms with van der Waals surface area (Å²) in [6.07, 6.45) is 1.90. The van der Waals surface area contributed by atoms with Crippen LogP contribution in [0.1, 0.15) is 47.4 Å². The van der Waals surface area contributed by atoms with Crippen LogP contribution in [0.5, 0.6) is 11.5 Å². The second-order valence-corrected chi connectivity index (χ2v) is 10.8. The molecule has 3 aromatic carbocycles. The minimum atomic E-state index is -0.528. The summed E-state index contributed by atoms with van der Waals surface area (Å²) in [6.45, 7) is 4.44. The van der Waals surface area contributed by atoms with Crippen molar-refractivity contribution >= 4 is 27.4 Å². The van der Waals surface area contributed by atoms with Crippen molar-refractivity contribution in [3.05, 3.63) is 110 Å². The number of carbonyl (C=O) groups excluding carboxylic acids is 1. The first-order valence-electron chi connectivity index (χ1n) is 12.9. The number of hydrogen-bond donors (Lipinski definition) is 1. The lowest BCUT2D eigenvalue weighted by atomic mass is 9.74. The standard InChI is InChI=1S/C32H30BrN3O3/c1-19-15-20(2)26(16-21(19)18-39-25-11-7-22(33)8-12-25)30-27(17-34)32(35)36(23-9-13-24(38-3)14-10-23)28-5-4-6-29(37)31(28)30/h7-16,30H,4-6,18,35H2,1-3H3. The number of benzene rings is 3. The number of hydrogen-bond acceptors (Lipinski definition) is 6. The highest BCUT2D eigenvalue weighted by molar-refractivity contribution is 9.10. The Hall–Kier alpha value is -4.02. The van der Waals surface area contributed by atoms with E-state index in [-0.39, 0.29) is 5.78 Å². The number of carbonyl (C=O) groups is 1. The van der Waals surface area contributed by atoms with Crippen LogP contribution in [0, 0.1) is 25.2 Å². The van der Waals surface area contributed by atoms with Crippen LogP contribution in [-0.4, -0.2) is 12.9 Å². The van der Waals surface area contributed by atoms with E-state index in [0.29, 0.717) is 36.4 Å². The molecule has 0 saturated carbocycles. The molecule has 0 saturated heterocycles. The van der Waals surface area contributed by atoms with Gasteiger partial charge in [-0.2, -0.15) is 5.26 Å². The van der Waals surface area contributed by atoms with Gasteiger partial charge in [0.25, 0.3) is 0 Å². The van der Waals surface area contributed by atoms with Crippen LogP contribution in [0.25, 0.3) is 0 Å². The van der Waals surface area contributed by atoms with Gasteiger partial charge < -0.3 is 15.2 Å². The van der Waals surface area contributed by atoms with E-state index in [0.717, 1.165) is 56.0 Å². The van der Waals surface area contributed by atoms with Gasteiger partial charge in [0.15, 0.2) is 5.78 Å². The molecule has 1 aliphatic heterocycles. The molecule has 1 atom stereocenters. The van der Waals surface area contributed by atoms with Gasteiger partial charge in [-0.1, -0.05) is 28.1 Å². The molecule has 2 N–H and O–H groups in total. The Bertz CT molecular complexity index is 1530. The zero-order chi connectivity index (χ0) is 27.7. The molecule has 39 heavy (non-hydrogen) atoms. The first-order chi connectivity index (χ1) is 18.8. The SMILES string of the molecule is COc1ccc(N2C(N)=C(C#N)C(c3cc(COc4ccc(Br)cc4)c(C)cc3C)C3=C2CCCC3=O)cc1. The number of nitriles is 1. The average molecular weight is 585 g/mol. The van der Waals surface area contributed by atoms with Crippen LogP contribution in [0.2, 0.25) is 0 Å². The summed E-state index contributed by atoms with van der Waals surface area (Å²) in [5, 5.41) is 10.4. The molecule has 2 aliphatic rings. The molecule has 0 bridgehead atoms. The molecular formula is C32H30BrN3O3. The third kappa shape index (κ3) is 5.05. The van der Waals surface area contributed by atoms with Crippen molar-refractivity contribution in [1.29, 1.82) is 5.26 Å². The number of ketones is 1. The Kier molecular flexibility index (Phi) is 7.49. The van der Waals surface area contributed by atoms with Gasteiger partial charge >= 0.3 is 0 Å². The molecule has 0 radical (unpaired) electrons. The molecule has 1 unspecified atom stereocenters. The Balaban J connectivity index is 1.61. The Morgan fingerprint density at radius 2 is 1.72 bits per heavy atom. The fourth-order valence-electron chi connectivity index (χ4n) is 5.50. The zero-order valence-electron chi connectivity index (χ0n) is 22.3. The lowest BCUT2D eigenvalue weighted by Gasteiger charge is -2.40. The van der Waals surface area contributed by atoms with Crippen molar-refractivity contribution in [2.24, 2.45) is 5.73 Å². The monoisotopic (exact) mass is 583 g/mol. The van der Waals surface area contributed by atoms with Crippen LogP contribution < -0.4 is 20.1 Å². The van der Waals surface area contributed by atoms with Crippen LogP contribution in [0.3, 0.4) is 0 Å². The summed E-state index contributed by atoms with van der Waals surface area (Å²) in [7, 11) is 1.62. The number of halogens is 1. The Morgan fingerprint density at radius 3 is 2.38 bits per heavy atom. The highest BCUT2D eigenvalue weighted by Gasteiger charge is 2.41. The summed E-state index contributed by atoms with van der Waals surface area (Å²) in [6, 6.07) is 21.8. The number of aryl methyl sites for hydroxylation is 2. The fraction of sp³-hybridized carbons (Fsp3) is 0.250. The number of Topliss-reactive ketones (excluding diaryl/α,β-unsaturated/α-hetero) is 1. The van der Waals surface area contributed by atoms with Gasteiger partial charge in [0.05, 0.1) is 24.7 Å². The molecule has 0 spiro atoms. The average Bonchev–Trinajstić information content (AvgIpc) is 2.93. The summed E-state index contributed by atoms with van der Waals surface area (Å²) in [4.78, 5) is 15.4. The maximum atomic E-state index is 13.6. The van der Waals surface area contributed by atoms with E-state index in [9.17, 15) is 10.1 Å². The van der Waals surface area contributed by atoms with E-state index in [1.54, 1.807) is 7.11 Å². The molecule has 6 nitrogen and oxygen atoms in total. The summed E-state index contributed by atoms with van der Waals surface area (Å²) in [5.74, 6) is 1.38. The number of methoxy groups -OCH3 is 1. The number of nitrogens with two attached hydrogens (primary N) is 1. The first-order valence-corrected chi connectivity index (χ1v) is 13.7. The molecule has 1 heterocycles.